The molecule has 96 valence electrons. The summed E-state index contributed by atoms with van der Waals surface area (Å²) in [5, 5.41) is 0. The van der Waals surface area contributed by atoms with Crippen LogP contribution in [0.25, 0.3) is 0 Å². The lowest BCUT2D eigenvalue weighted by molar-refractivity contribution is 0.591. The highest BCUT2D eigenvalue weighted by Gasteiger charge is 2.32. The van der Waals surface area contributed by atoms with Crippen LogP contribution in [0, 0.1) is 0 Å². The van der Waals surface area contributed by atoms with Crippen molar-refractivity contribution in [2.24, 2.45) is 0 Å². The Morgan fingerprint density at radius 2 is 1.89 bits per heavy atom. The van der Waals surface area contributed by atoms with Gasteiger partial charge >= 0.3 is 0 Å². The molecule has 0 N–H and O–H groups in total. The number of fused-ring (bicyclic) bond motifs is 1. The third-order valence-corrected chi connectivity index (χ3v) is 5.71. The predicted molar refractivity (Wildman–Crippen MR) is 73.0 cm³/mol. The molecule has 0 amide bonds. The number of allylic oxidation sites excluding steroid dienone is 2. The summed E-state index contributed by atoms with van der Waals surface area (Å²) in [4.78, 5) is 0.616. The molecule has 0 unspecified atom stereocenters. The highest BCUT2D eigenvalue weighted by molar-refractivity contribution is 7.96. The van der Waals surface area contributed by atoms with E-state index in [-0.39, 0.29) is 0 Å². The largest absolute Gasteiger partial charge is 0.266 e. The second-order valence-electron chi connectivity index (χ2n) is 4.87. The van der Waals surface area contributed by atoms with Gasteiger partial charge in [-0.25, -0.2) is 8.42 Å². The van der Waals surface area contributed by atoms with Gasteiger partial charge in [-0.1, -0.05) is 24.3 Å². The molecule has 0 saturated heterocycles. The van der Waals surface area contributed by atoms with Crippen LogP contribution in [-0.4, -0.2) is 15.0 Å². The Bertz CT molecular complexity index is 590. The summed E-state index contributed by atoms with van der Waals surface area (Å²) in [6.07, 6.45) is 6.41. The molecule has 3 nitrogen and oxygen atoms in total. The first kappa shape index (κ1) is 11.8. The van der Waals surface area contributed by atoms with Crippen molar-refractivity contribution in [2.45, 2.75) is 32.1 Å². The number of benzene rings is 1. The van der Waals surface area contributed by atoms with Crippen molar-refractivity contribution in [1.29, 1.82) is 0 Å². The first-order valence-electron chi connectivity index (χ1n) is 6.49. The van der Waals surface area contributed by atoms with E-state index < -0.39 is 10.0 Å². The molecule has 0 atom stereocenters. The van der Waals surface area contributed by atoms with Crippen molar-refractivity contribution >= 4 is 15.7 Å². The van der Waals surface area contributed by atoms with E-state index in [1.54, 1.807) is 4.31 Å². The molecule has 18 heavy (non-hydrogen) atoms. The number of nitrogens with zero attached hydrogens (tertiary/aromatic N) is 1. The monoisotopic (exact) mass is 263 g/mol. The molecule has 0 spiro atoms. The van der Waals surface area contributed by atoms with Crippen LogP contribution in [0.3, 0.4) is 0 Å². The van der Waals surface area contributed by atoms with Gasteiger partial charge < -0.3 is 0 Å². The lowest BCUT2D eigenvalue weighted by Gasteiger charge is -2.23. The second-order valence-corrected chi connectivity index (χ2v) is 6.79. The number of para-hydroxylation sites is 1. The van der Waals surface area contributed by atoms with Crippen molar-refractivity contribution in [1.82, 2.24) is 0 Å². The van der Waals surface area contributed by atoms with Gasteiger partial charge in [0.05, 0.1) is 10.6 Å². The van der Waals surface area contributed by atoms with Gasteiger partial charge in [-0.2, -0.15) is 0 Å². The number of rotatable bonds is 2. The van der Waals surface area contributed by atoms with E-state index in [0.29, 0.717) is 17.9 Å². The highest BCUT2D eigenvalue weighted by Crippen LogP contribution is 2.34. The van der Waals surface area contributed by atoms with Crippen molar-refractivity contribution in [3.8, 4) is 0 Å². The zero-order valence-corrected chi connectivity index (χ0v) is 11.1. The van der Waals surface area contributed by atoms with Crippen LogP contribution in [0.15, 0.2) is 35.2 Å². The van der Waals surface area contributed by atoms with Crippen molar-refractivity contribution in [3.05, 3.63) is 40.8 Å². The van der Waals surface area contributed by atoms with Gasteiger partial charge in [0.25, 0.3) is 10.0 Å². The Morgan fingerprint density at radius 1 is 1.06 bits per heavy atom. The molecule has 1 aromatic carbocycles. The lowest BCUT2D eigenvalue weighted by atomic mass is 10.1. The van der Waals surface area contributed by atoms with Gasteiger partial charge in [0, 0.05) is 6.54 Å². The summed E-state index contributed by atoms with van der Waals surface area (Å²) < 4.78 is 26.8. The minimum atomic E-state index is -3.28. The molecule has 1 aromatic rings. The standard InChI is InChI=1S/C14H17NO2S/c16-18(17,13-7-2-1-3-8-13)15-11-10-12-6-4-5-9-14(12)15/h4-7,9H,1-3,8,10-11H2. The van der Waals surface area contributed by atoms with E-state index in [1.165, 1.54) is 0 Å². The maximum atomic E-state index is 12.6. The van der Waals surface area contributed by atoms with Crippen LogP contribution in [0.5, 0.6) is 0 Å². The van der Waals surface area contributed by atoms with Gasteiger partial charge in [0.1, 0.15) is 0 Å². The van der Waals surface area contributed by atoms with Crippen LogP contribution >= 0.6 is 0 Å². The molecule has 0 bridgehead atoms. The Kier molecular flexibility index (Phi) is 2.90. The van der Waals surface area contributed by atoms with E-state index in [1.807, 2.05) is 30.3 Å². The molecular formula is C14H17NO2S. The molecule has 0 aromatic heterocycles. The first-order valence-corrected chi connectivity index (χ1v) is 7.93. The van der Waals surface area contributed by atoms with Gasteiger partial charge in [-0.05, 0) is 43.7 Å². The topological polar surface area (TPSA) is 37.4 Å². The molecule has 1 aliphatic heterocycles. The summed E-state index contributed by atoms with van der Waals surface area (Å²) in [5.74, 6) is 0. The smallest absolute Gasteiger partial charge is 0.260 e. The Labute approximate surface area is 108 Å². The maximum absolute atomic E-state index is 12.6. The molecule has 0 radical (unpaired) electrons. The third-order valence-electron chi connectivity index (χ3n) is 3.72. The zero-order chi connectivity index (χ0) is 12.6. The summed E-state index contributed by atoms with van der Waals surface area (Å²) in [6, 6.07) is 7.79. The SMILES string of the molecule is O=S(=O)(C1=CCCCC1)N1CCc2ccccc21. The molecule has 3 rings (SSSR count). The highest BCUT2D eigenvalue weighted by atomic mass is 32.2. The first-order chi connectivity index (χ1) is 8.69. The molecule has 1 heterocycles. The van der Waals surface area contributed by atoms with Crippen molar-refractivity contribution in [2.75, 3.05) is 10.8 Å². The van der Waals surface area contributed by atoms with Gasteiger partial charge in [-0.3, -0.25) is 4.31 Å². The van der Waals surface area contributed by atoms with E-state index in [9.17, 15) is 8.42 Å². The number of anilines is 1. The van der Waals surface area contributed by atoms with Crippen LogP contribution < -0.4 is 4.31 Å². The maximum Gasteiger partial charge on any atom is 0.260 e. The normalized spacial score (nSPS) is 19.6. The molecular weight excluding hydrogens is 246 g/mol. The Balaban J connectivity index is 1.99. The fraction of sp³-hybridized carbons (Fsp3) is 0.429. The van der Waals surface area contributed by atoms with E-state index >= 15 is 0 Å². The van der Waals surface area contributed by atoms with Crippen LogP contribution in [-0.2, 0) is 16.4 Å². The molecule has 0 fully saturated rings. The average Bonchev–Trinajstić information content (AvgIpc) is 2.84. The predicted octanol–water partition coefficient (Wildman–Crippen LogP) is 2.84. The lowest BCUT2D eigenvalue weighted by Crippen LogP contribution is -2.30. The van der Waals surface area contributed by atoms with E-state index in [2.05, 4.69) is 0 Å². The number of sulfonamides is 1. The molecule has 2 aliphatic rings. The van der Waals surface area contributed by atoms with Gasteiger partial charge in [0.15, 0.2) is 0 Å². The zero-order valence-electron chi connectivity index (χ0n) is 10.3. The summed E-state index contributed by atoms with van der Waals surface area (Å²) in [6.45, 7) is 0.582. The van der Waals surface area contributed by atoms with E-state index in [4.69, 9.17) is 0 Å². The Hall–Kier alpha value is -1.29. The summed E-state index contributed by atoms with van der Waals surface area (Å²) in [7, 11) is -3.28. The minimum absolute atomic E-state index is 0.582. The van der Waals surface area contributed by atoms with Gasteiger partial charge in [0.2, 0.25) is 0 Å². The van der Waals surface area contributed by atoms with Crippen LogP contribution in [0.4, 0.5) is 5.69 Å². The van der Waals surface area contributed by atoms with Crippen molar-refractivity contribution in [3.63, 3.8) is 0 Å². The van der Waals surface area contributed by atoms with Crippen LogP contribution in [0.2, 0.25) is 0 Å². The fourth-order valence-corrected chi connectivity index (χ4v) is 4.52. The quantitative estimate of drug-likeness (QED) is 0.822. The molecule has 1 aliphatic carbocycles. The summed E-state index contributed by atoms with van der Waals surface area (Å²) >= 11 is 0. The fourth-order valence-electron chi connectivity index (χ4n) is 2.74. The number of hydrogen-bond donors (Lipinski definition) is 0. The van der Waals surface area contributed by atoms with Crippen LogP contribution in [0.1, 0.15) is 31.2 Å². The Morgan fingerprint density at radius 3 is 2.67 bits per heavy atom. The average molecular weight is 263 g/mol. The molecule has 0 saturated carbocycles. The van der Waals surface area contributed by atoms with E-state index in [0.717, 1.165) is 36.9 Å². The van der Waals surface area contributed by atoms with Crippen molar-refractivity contribution < 1.29 is 8.42 Å². The summed E-state index contributed by atoms with van der Waals surface area (Å²) in [5.41, 5.74) is 2.00. The third kappa shape index (κ3) is 1.85. The van der Waals surface area contributed by atoms with Gasteiger partial charge in [-0.15, -0.1) is 0 Å². The molecule has 4 heteroatoms. The number of hydrogen-bond acceptors (Lipinski definition) is 2. The minimum Gasteiger partial charge on any atom is -0.266 e. The second kappa shape index (κ2) is 4.43.